The third-order valence-corrected chi connectivity index (χ3v) is 7.93. The summed E-state index contributed by atoms with van der Waals surface area (Å²) < 4.78 is 7.52. The van der Waals surface area contributed by atoms with Gasteiger partial charge in [-0.3, -0.25) is 9.59 Å². The molecule has 1 aliphatic rings. The molecule has 2 atom stereocenters. The fourth-order valence-corrected chi connectivity index (χ4v) is 6.02. The molecule has 1 fully saturated rings. The highest BCUT2D eigenvalue weighted by Gasteiger charge is 2.36. The van der Waals surface area contributed by atoms with Crippen LogP contribution in [-0.4, -0.2) is 47.7 Å². The topological polar surface area (TPSA) is 67.7 Å². The highest BCUT2D eigenvalue weighted by atomic mass is 16.5. The van der Waals surface area contributed by atoms with Gasteiger partial charge in [-0.2, -0.15) is 0 Å². The third-order valence-electron chi connectivity index (χ3n) is 7.93. The number of hydrogen-bond donors (Lipinski definition) is 0. The van der Waals surface area contributed by atoms with Crippen molar-refractivity contribution in [2.75, 3.05) is 30.1 Å². The van der Waals surface area contributed by atoms with E-state index < -0.39 is 0 Å². The van der Waals surface area contributed by atoms with Crippen LogP contribution in [0.25, 0.3) is 11.0 Å². The van der Waals surface area contributed by atoms with Crippen LogP contribution in [0.5, 0.6) is 0 Å². The van der Waals surface area contributed by atoms with Crippen LogP contribution in [0.2, 0.25) is 0 Å². The number of hydrogen-bond acceptors (Lipinski definition) is 4. The highest BCUT2D eigenvalue weighted by molar-refractivity contribution is 5.98. The Labute approximate surface area is 236 Å². The smallest absolute Gasteiger partial charge is 0.247 e. The van der Waals surface area contributed by atoms with Gasteiger partial charge < -0.3 is 19.1 Å². The number of rotatable bonds is 9. The quantitative estimate of drug-likeness (QED) is 0.270. The van der Waals surface area contributed by atoms with Crippen molar-refractivity contribution in [3.8, 4) is 0 Å². The third kappa shape index (κ3) is 5.13. The molecule has 5 rings (SSSR count). The maximum absolute atomic E-state index is 14.3. The van der Waals surface area contributed by atoms with Gasteiger partial charge in [0.2, 0.25) is 11.8 Å². The lowest BCUT2D eigenvalue weighted by atomic mass is 10.0. The lowest BCUT2D eigenvalue weighted by molar-refractivity contribution is -0.120. The molecule has 1 aromatic heterocycles. The first-order valence-electron chi connectivity index (χ1n) is 14.0. The summed E-state index contributed by atoms with van der Waals surface area (Å²) in [6, 6.07) is 21.9. The monoisotopic (exact) mass is 538 g/mol. The zero-order valence-corrected chi connectivity index (χ0v) is 24.1. The van der Waals surface area contributed by atoms with Crippen molar-refractivity contribution in [1.29, 1.82) is 0 Å². The summed E-state index contributed by atoms with van der Waals surface area (Å²) >= 11 is 0. The molecule has 0 unspecified atom stereocenters. The van der Waals surface area contributed by atoms with Gasteiger partial charge in [0.1, 0.15) is 12.4 Å². The summed E-state index contributed by atoms with van der Waals surface area (Å²) in [5.74, 6) is 0.700. The normalized spacial score (nSPS) is 16.1. The number of aromatic nitrogens is 2. The summed E-state index contributed by atoms with van der Waals surface area (Å²) in [7, 11) is 1.66. The molecule has 1 aliphatic heterocycles. The van der Waals surface area contributed by atoms with Crippen LogP contribution in [0.15, 0.2) is 66.7 Å². The molecule has 7 nitrogen and oxygen atoms in total. The highest BCUT2D eigenvalue weighted by Crippen LogP contribution is 2.35. The predicted molar refractivity (Wildman–Crippen MR) is 160 cm³/mol. The lowest BCUT2D eigenvalue weighted by Gasteiger charge is -2.32. The Morgan fingerprint density at radius 3 is 2.52 bits per heavy atom. The standard InChI is InChI=1S/C33H38N4O3/c1-6-25-14-11-13-23(3)32(25)37(24(4)21-40-5)31(39)20-36-29-17-10-8-15-27(29)34-33(36)26-18-30(38)35(19-26)28-16-9-7-12-22(28)2/h7-17,24,26H,6,18-21H2,1-5H3/t24-,26-/m0/s1. The summed E-state index contributed by atoms with van der Waals surface area (Å²) in [5.41, 5.74) is 6.85. The lowest BCUT2D eigenvalue weighted by Crippen LogP contribution is -2.44. The van der Waals surface area contributed by atoms with E-state index in [9.17, 15) is 9.59 Å². The number of carbonyl (C=O) groups excluding carboxylic acids is 2. The first-order chi connectivity index (χ1) is 19.3. The molecule has 0 saturated carbocycles. The molecule has 208 valence electrons. The van der Waals surface area contributed by atoms with Gasteiger partial charge >= 0.3 is 0 Å². The maximum Gasteiger partial charge on any atom is 0.247 e. The summed E-state index contributed by atoms with van der Waals surface area (Å²) in [5, 5.41) is 0. The summed E-state index contributed by atoms with van der Waals surface area (Å²) in [6.07, 6.45) is 1.17. The van der Waals surface area contributed by atoms with Crippen LogP contribution in [0.3, 0.4) is 0 Å². The molecule has 40 heavy (non-hydrogen) atoms. The molecule has 0 aliphatic carbocycles. The van der Waals surface area contributed by atoms with Crippen molar-refractivity contribution >= 4 is 34.2 Å². The van der Waals surface area contributed by atoms with E-state index in [4.69, 9.17) is 9.72 Å². The number of imidazole rings is 1. The van der Waals surface area contributed by atoms with Crippen molar-refractivity contribution in [2.45, 2.75) is 59.0 Å². The summed E-state index contributed by atoms with van der Waals surface area (Å²) in [4.78, 5) is 36.3. The Balaban J connectivity index is 1.54. The van der Waals surface area contributed by atoms with Crippen LogP contribution in [0.1, 0.15) is 48.7 Å². The van der Waals surface area contributed by atoms with Crippen molar-refractivity contribution in [1.82, 2.24) is 9.55 Å². The van der Waals surface area contributed by atoms with Crippen LogP contribution >= 0.6 is 0 Å². The van der Waals surface area contributed by atoms with Gasteiger partial charge in [-0.15, -0.1) is 0 Å². The van der Waals surface area contributed by atoms with Crippen LogP contribution in [0, 0.1) is 13.8 Å². The van der Waals surface area contributed by atoms with Gasteiger partial charge in [-0.1, -0.05) is 55.5 Å². The fraction of sp³-hybridized carbons (Fsp3) is 0.364. The Bertz CT molecular complexity index is 1540. The molecule has 0 bridgehead atoms. The van der Waals surface area contributed by atoms with Gasteiger partial charge in [-0.25, -0.2) is 4.98 Å². The SMILES string of the molecule is CCc1cccc(C)c1N(C(=O)Cn1c([C@H]2CC(=O)N(c3ccccc3C)C2)nc2ccccc21)[C@@H](C)COC. The van der Waals surface area contributed by atoms with Crippen LogP contribution in [0.4, 0.5) is 11.4 Å². The fourth-order valence-electron chi connectivity index (χ4n) is 6.02. The number of ether oxygens (including phenoxy) is 1. The second-order valence-electron chi connectivity index (χ2n) is 10.7. The first-order valence-corrected chi connectivity index (χ1v) is 14.0. The van der Waals surface area contributed by atoms with Crippen molar-refractivity contribution in [3.63, 3.8) is 0 Å². The molecule has 0 N–H and O–H groups in total. The zero-order valence-electron chi connectivity index (χ0n) is 24.1. The molecule has 1 saturated heterocycles. The number of amides is 2. The van der Waals surface area contributed by atoms with Crippen LogP contribution in [-0.2, 0) is 27.3 Å². The van der Waals surface area contributed by atoms with E-state index in [-0.39, 0.29) is 30.3 Å². The Hall–Kier alpha value is -3.97. The van der Waals surface area contributed by atoms with E-state index in [1.165, 1.54) is 0 Å². The van der Waals surface area contributed by atoms with E-state index in [1.54, 1.807) is 7.11 Å². The molecule has 2 amide bonds. The Morgan fingerprint density at radius 2 is 1.77 bits per heavy atom. The van der Waals surface area contributed by atoms with Gasteiger partial charge in [0.05, 0.1) is 29.4 Å². The predicted octanol–water partition coefficient (Wildman–Crippen LogP) is 5.80. The zero-order chi connectivity index (χ0) is 28.4. The molecule has 3 aromatic carbocycles. The number of benzene rings is 3. The van der Waals surface area contributed by atoms with Gasteiger partial charge in [0.25, 0.3) is 0 Å². The number of carbonyl (C=O) groups is 2. The molecule has 0 spiro atoms. The van der Waals surface area contributed by atoms with Gasteiger partial charge in [-0.05, 0) is 62.1 Å². The van der Waals surface area contributed by atoms with E-state index in [1.807, 2.05) is 82.8 Å². The largest absolute Gasteiger partial charge is 0.383 e. The molecule has 2 heterocycles. The average Bonchev–Trinajstić information content (AvgIpc) is 3.50. The number of nitrogens with zero attached hydrogens (tertiary/aromatic N) is 4. The van der Waals surface area contributed by atoms with E-state index >= 15 is 0 Å². The van der Waals surface area contributed by atoms with Crippen molar-refractivity contribution in [2.24, 2.45) is 0 Å². The van der Waals surface area contributed by atoms with E-state index in [0.717, 1.165) is 51.3 Å². The van der Waals surface area contributed by atoms with Crippen molar-refractivity contribution in [3.05, 3.63) is 89.2 Å². The van der Waals surface area contributed by atoms with Gasteiger partial charge in [0.15, 0.2) is 0 Å². The minimum absolute atomic E-state index is 0.0296. The molecular formula is C33H38N4O3. The minimum Gasteiger partial charge on any atom is -0.383 e. The summed E-state index contributed by atoms with van der Waals surface area (Å²) in [6.45, 7) is 9.28. The molecule has 0 radical (unpaired) electrons. The van der Waals surface area contributed by atoms with E-state index in [0.29, 0.717) is 19.6 Å². The van der Waals surface area contributed by atoms with Crippen LogP contribution < -0.4 is 9.80 Å². The second kappa shape index (κ2) is 11.6. The molecular weight excluding hydrogens is 500 g/mol. The molecule has 7 heteroatoms. The Morgan fingerprint density at radius 1 is 1.05 bits per heavy atom. The molecule has 4 aromatic rings. The number of para-hydroxylation sites is 4. The van der Waals surface area contributed by atoms with Crippen molar-refractivity contribution < 1.29 is 14.3 Å². The number of anilines is 2. The average molecular weight is 539 g/mol. The minimum atomic E-state index is -0.160. The first kappa shape index (κ1) is 27.6. The van der Waals surface area contributed by atoms with E-state index in [2.05, 4.69) is 26.0 Å². The number of methoxy groups -OCH3 is 1. The van der Waals surface area contributed by atoms with Gasteiger partial charge in [0, 0.05) is 31.7 Å². The Kier molecular flexibility index (Phi) is 8.03. The number of fused-ring (bicyclic) bond motifs is 1. The maximum atomic E-state index is 14.3. The second-order valence-corrected chi connectivity index (χ2v) is 10.7. The number of aryl methyl sites for hydroxylation is 3.